The van der Waals surface area contributed by atoms with Gasteiger partial charge in [-0.15, -0.1) is 11.6 Å². The van der Waals surface area contributed by atoms with Gasteiger partial charge in [-0.1, -0.05) is 13.8 Å². The van der Waals surface area contributed by atoms with Crippen LogP contribution in [0.2, 0.25) is 0 Å². The van der Waals surface area contributed by atoms with Gasteiger partial charge in [-0.05, 0) is 25.5 Å². The van der Waals surface area contributed by atoms with Crippen molar-refractivity contribution in [1.29, 1.82) is 0 Å². The first-order valence-corrected chi connectivity index (χ1v) is 7.40. The van der Waals surface area contributed by atoms with E-state index in [1.54, 1.807) is 7.11 Å². The predicted molar refractivity (Wildman–Crippen MR) is 80.0 cm³/mol. The van der Waals surface area contributed by atoms with Crippen molar-refractivity contribution in [2.45, 2.75) is 44.7 Å². The Morgan fingerprint density at radius 3 is 2.85 bits per heavy atom. The molecule has 1 saturated carbocycles. The summed E-state index contributed by atoms with van der Waals surface area (Å²) in [5, 5.41) is -0.137. The van der Waals surface area contributed by atoms with E-state index in [4.69, 9.17) is 16.3 Å². The summed E-state index contributed by atoms with van der Waals surface area (Å²) in [6.07, 6.45) is 3.05. The quantitative estimate of drug-likeness (QED) is 0.810. The maximum atomic E-state index is 6.33. The Hall–Kier alpha value is -1.13. The fraction of sp³-hybridized carbons (Fsp3) is 0.600. The summed E-state index contributed by atoms with van der Waals surface area (Å²) in [5.74, 6) is 0.896. The zero-order valence-corrected chi connectivity index (χ0v) is 13.1. The maximum Gasteiger partial charge on any atom is 0.160 e. The van der Waals surface area contributed by atoms with Gasteiger partial charge in [0.2, 0.25) is 0 Å². The molecule has 0 radical (unpaired) electrons. The summed E-state index contributed by atoms with van der Waals surface area (Å²) < 4.78 is 7.77. The Kier molecular flexibility index (Phi) is 3.26. The zero-order valence-electron chi connectivity index (χ0n) is 12.3. The third-order valence-electron chi connectivity index (χ3n) is 4.55. The Morgan fingerprint density at radius 2 is 2.25 bits per heavy atom. The minimum Gasteiger partial charge on any atom is -0.381 e. The summed E-state index contributed by atoms with van der Waals surface area (Å²) in [7, 11) is 1.78. The predicted octanol–water partition coefficient (Wildman–Crippen LogP) is 3.72. The molecule has 0 spiro atoms. The molecule has 1 aliphatic carbocycles. The van der Waals surface area contributed by atoms with Crippen LogP contribution in [0.25, 0.3) is 11.2 Å². The SMILES string of the molecule is COC1CC(n2c(C(C)Cl)nc3cccnc32)C1(C)C. The number of hydrogen-bond acceptors (Lipinski definition) is 3. The van der Waals surface area contributed by atoms with Gasteiger partial charge in [0, 0.05) is 24.8 Å². The van der Waals surface area contributed by atoms with Crippen molar-refractivity contribution >= 4 is 22.8 Å². The standard InChI is InChI=1S/C15H20ClN3O/c1-9(16)13-18-10-6-5-7-17-14(10)19(13)11-8-12(20-4)15(11,2)3/h5-7,9,11-12H,8H2,1-4H3. The largest absolute Gasteiger partial charge is 0.381 e. The fourth-order valence-corrected chi connectivity index (χ4v) is 3.39. The van der Waals surface area contributed by atoms with Crippen LogP contribution in [-0.4, -0.2) is 27.7 Å². The van der Waals surface area contributed by atoms with E-state index in [0.29, 0.717) is 6.04 Å². The van der Waals surface area contributed by atoms with Gasteiger partial charge in [-0.3, -0.25) is 0 Å². The smallest absolute Gasteiger partial charge is 0.160 e. The van der Waals surface area contributed by atoms with Gasteiger partial charge in [0.05, 0.1) is 11.5 Å². The third-order valence-corrected chi connectivity index (χ3v) is 4.75. The molecule has 2 aromatic rings. The molecular weight excluding hydrogens is 274 g/mol. The van der Waals surface area contributed by atoms with Crippen LogP contribution in [0, 0.1) is 5.41 Å². The van der Waals surface area contributed by atoms with Crippen LogP contribution in [0.1, 0.15) is 44.4 Å². The van der Waals surface area contributed by atoms with Crippen molar-refractivity contribution in [2.24, 2.45) is 5.41 Å². The maximum absolute atomic E-state index is 6.33. The molecule has 2 aromatic heterocycles. The molecule has 1 fully saturated rings. The molecule has 20 heavy (non-hydrogen) atoms. The number of aromatic nitrogens is 3. The van der Waals surface area contributed by atoms with Gasteiger partial charge in [0.1, 0.15) is 11.3 Å². The molecule has 0 saturated heterocycles. The van der Waals surface area contributed by atoms with Crippen LogP contribution >= 0.6 is 11.6 Å². The molecule has 0 N–H and O–H groups in total. The summed E-state index contributed by atoms with van der Waals surface area (Å²) >= 11 is 6.33. The molecule has 5 heteroatoms. The molecular formula is C15H20ClN3O. The van der Waals surface area contributed by atoms with Gasteiger partial charge >= 0.3 is 0 Å². The van der Waals surface area contributed by atoms with Crippen LogP contribution in [-0.2, 0) is 4.74 Å². The lowest BCUT2D eigenvalue weighted by molar-refractivity contribution is -0.112. The van der Waals surface area contributed by atoms with Crippen LogP contribution in [0.3, 0.4) is 0 Å². The van der Waals surface area contributed by atoms with Crippen molar-refractivity contribution in [3.63, 3.8) is 0 Å². The lowest BCUT2D eigenvalue weighted by atomic mass is 9.64. The van der Waals surface area contributed by atoms with E-state index in [9.17, 15) is 0 Å². The van der Waals surface area contributed by atoms with Gasteiger partial charge < -0.3 is 9.30 Å². The summed E-state index contributed by atoms with van der Waals surface area (Å²) in [4.78, 5) is 9.16. The first kappa shape index (κ1) is 13.8. The van der Waals surface area contributed by atoms with Crippen molar-refractivity contribution in [1.82, 2.24) is 14.5 Å². The summed E-state index contributed by atoms with van der Waals surface area (Å²) in [6.45, 7) is 6.41. The zero-order chi connectivity index (χ0) is 14.5. The molecule has 0 amide bonds. The molecule has 0 aromatic carbocycles. The van der Waals surface area contributed by atoms with E-state index in [1.165, 1.54) is 0 Å². The molecule has 1 aliphatic rings. The van der Waals surface area contributed by atoms with Gasteiger partial charge in [-0.25, -0.2) is 9.97 Å². The van der Waals surface area contributed by atoms with Crippen LogP contribution in [0.15, 0.2) is 18.3 Å². The molecule has 3 unspecified atom stereocenters. The van der Waals surface area contributed by atoms with Gasteiger partial charge in [-0.2, -0.15) is 0 Å². The van der Waals surface area contributed by atoms with Crippen LogP contribution < -0.4 is 0 Å². The highest BCUT2D eigenvalue weighted by molar-refractivity contribution is 6.20. The number of imidazole rings is 1. The second-order valence-corrected chi connectivity index (χ2v) is 6.75. The first-order chi connectivity index (χ1) is 9.46. The number of methoxy groups -OCH3 is 1. The van der Waals surface area contributed by atoms with E-state index in [-0.39, 0.29) is 16.9 Å². The first-order valence-electron chi connectivity index (χ1n) is 6.96. The minimum atomic E-state index is -0.137. The van der Waals surface area contributed by atoms with E-state index >= 15 is 0 Å². The van der Waals surface area contributed by atoms with Crippen molar-refractivity contribution in [3.05, 3.63) is 24.2 Å². The highest BCUT2D eigenvalue weighted by Gasteiger charge is 2.51. The minimum absolute atomic E-state index is 0.0560. The lowest BCUT2D eigenvalue weighted by Crippen LogP contribution is -2.51. The van der Waals surface area contributed by atoms with Crippen molar-refractivity contribution in [2.75, 3.05) is 7.11 Å². The number of alkyl halides is 1. The van der Waals surface area contributed by atoms with E-state index in [2.05, 4.69) is 28.4 Å². The molecule has 4 nitrogen and oxygen atoms in total. The Morgan fingerprint density at radius 1 is 1.50 bits per heavy atom. The molecule has 2 heterocycles. The number of fused-ring (bicyclic) bond motifs is 1. The average molecular weight is 294 g/mol. The number of ether oxygens (including phenoxy) is 1. The van der Waals surface area contributed by atoms with E-state index in [0.717, 1.165) is 23.4 Å². The third kappa shape index (κ3) is 1.85. The average Bonchev–Trinajstić information content (AvgIpc) is 2.78. The number of halogens is 1. The highest BCUT2D eigenvalue weighted by atomic mass is 35.5. The molecule has 0 aliphatic heterocycles. The van der Waals surface area contributed by atoms with Crippen LogP contribution in [0.5, 0.6) is 0 Å². The summed E-state index contributed by atoms with van der Waals surface area (Å²) in [6, 6.07) is 4.22. The number of pyridine rings is 1. The number of hydrogen-bond donors (Lipinski definition) is 0. The van der Waals surface area contributed by atoms with Crippen LogP contribution in [0.4, 0.5) is 0 Å². The van der Waals surface area contributed by atoms with Crippen molar-refractivity contribution in [3.8, 4) is 0 Å². The normalized spacial score (nSPS) is 26.4. The monoisotopic (exact) mass is 293 g/mol. The molecule has 3 atom stereocenters. The van der Waals surface area contributed by atoms with E-state index < -0.39 is 0 Å². The topological polar surface area (TPSA) is 39.9 Å². The summed E-state index contributed by atoms with van der Waals surface area (Å²) in [5.41, 5.74) is 1.88. The second-order valence-electron chi connectivity index (χ2n) is 6.10. The second kappa shape index (κ2) is 4.71. The Labute approximate surface area is 124 Å². The molecule has 3 rings (SSSR count). The van der Waals surface area contributed by atoms with E-state index in [1.807, 2.05) is 25.3 Å². The highest BCUT2D eigenvalue weighted by Crippen LogP contribution is 2.52. The molecule has 108 valence electrons. The Bertz CT molecular complexity index is 635. The molecule has 0 bridgehead atoms. The fourth-order valence-electron chi connectivity index (χ4n) is 3.24. The number of nitrogens with zero attached hydrogens (tertiary/aromatic N) is 3. The van der Waals surface area contributed by atoms with Gasteiger partial charge in [0.25, 0.3) is 0 Å². The Balaban J connectivity index is 2.13. The van der Waals surface area contributed by atoms with Gasteiger partial charge in [0.15, 0.2) is 5.65 Å². The van der Waals surface area contributed by atoms with Crippen molar-refractivity contribution < 1.29 is 4.74 Å². The lowest BCUT2D eigenvalue weighted by Gasteiger charge is -2.52. The number of rotatable bonds is 3.